The first-order valence-electron chi connectivity index (χ1n) is 10.0. The third-order valence-electron chi connectivity index (χ3n) is 5.92. The van der Waals surface area contributed by atoms with Gasteiger partial charge in [0.2, 0.25) is 0 Å². The summed E-state index contributed by atoms with van der Waals surface area (Å²) in [6.45, 7) is 4.13. The second-order valence-corrected chi connectivity index (χ2v) is 8.17. The molecule has 0 fully saturated rings. The Morgan fingerprint density at radius 2 is 1.69 bits per heavy atom. The molecule has 0 spiro atoms. The maximum absolute atomic E-state index is 13.5. The SMILES string of the molecule is Cc1ccc(C2C3=C(CC(C)CC3=O)Nc3[nH]n(-c4ccccc4)c(=O)c32)cc1. The number of Topliss-reactive ketones (excluding diaryl/α,β-unsaturated/α-hetero) is 1. The van der Waals surface area contributed by atoms with Gasteiger partial charge in [0.1, 0.15) is 5.82 Å². The summed E-state index contributed by atoms with van der Waals surface area (Å²) in [5.74, 6) is 0.756. The lowest BCUT2D eigenvalue weighted by atomic mass is 9.74. The molecule has 2 atom stereocenters. The Bertz CT molecular complexity index is 1180. The van der Waals surface area contributed by atoms with Gasteiger partial charge < -0.3 is 5.32 Å². The van der Waals surface area contributed by atoms with E-state index in [1.165, 1.54) is 0 Å². The number of carbonyl (C=O) groups excluding carboxylic acids is 1. The number of nitrogens with one attached hydrogen (secondary N) is 2. The van der Waals surface area contributed by atoms with E-state index in [0.717, 1.165) is 34.5 Å². The Kier molecular flexibility index (Phi) is 4.05. The Morgan fingerprint density at radius 1 is 0.966 bits per heavy atom. The highest BCUT2D eigenvalue weighted by atomic mass is 16.1. The largest absolute Gasteiger partial charge is 0.343 e. The molecule has 2 aromatic carbocycles. The molecule has 1 aliphatic carbocycles. The van der Waals surface area contributed by atoms with E-state index in [4.69, 9.17) is 0 Å². The molecule has 0 amide bonds. The van der Waals surface area contributed by atoms with Crippen LogP contribution in [-0.2, 0) is 4.79 Å². The quantitative estimate of drug-likeness (QED) is 0.692. The third kappa shape index (κ3) is 2.85. The van der Waals surface area contributed by atoms with E-state index in [2.05, 4.69) is 17.3 Å². The first-order chi connectivity index (χ1) is 14.0. The number of aromatic amines is 1. The van der Waals surface area contributed by atoms with Gasteiger partial charge in [-0.1, -0.05) is 55.0 Å². The van der Waals surface area contributed by atoms with Crippen molar-refractivity contribution in [2.24, 2.45) is 5.92 Å². The number of H-pyrrole nitrogens is 1. The number of carbonyl (C=O) groups is 1. The van der Waals surface area contributed by atoms with Crippen LogP contribution in [0.2, 0.25) is 0 Å². The summed E-state index contributed by atoms with van der Waals surface area (Å²) in [5, 5.41) is 6.62. The summed E-state index contributed by atoms with van der Waals surface area (Å²) in [4.78, 5) is 26.5. The number of aryl methyl sites for hydroxylation is 1. The molecule has 5 heteroatoms. The number of aromatic nitrogens is 2. The molecule has 2 aliphatic rings. The second kappa shape index (κ2) is 6.62. The van der Waals surface area contributed by atoms with Crippen molar-refractivity contribution in [3.63, 3.8) is 0 Å². The number of nitrogens with zero attached hydrogens (tertiary/aromatic N) is 1. The molecule has 29 heavy (non-hydrogen) atoms. The van der Waals surface area contributed by atoms with E-state index in [0.29, 0.717) is 17.8 Å². The molecule has 5 nitrogen and oxygen atoms in total. The molecule has 2 heterocycles. The van der Waals surface area contributed by atoms with Crippen molar-refractivity contribution in [2.45, 2.75) is 32.6 Å². The predicted octanol–water partition coefficient (Wildman–Crippen LogP) is 4.28. The maximum Gasteiger partial charge on any atom is 0.277 e. The average molecular weight is 385 g/mol. The van der Waals surface area contributed by atoms with Gasteiger partial charge >= 0.3 is 0 Å². The molecule has 0 radical (unpaired) electrons. The van der Waals surface area contributed by atoms with Gasteiger partial charge in [0.25, 0.3) is 5.56 Å². The van der Waals surface area contributed by atoms with E-state index in [9.17, 15) is 9.59 Å². The first-order valence-corrected chi connectivity index (χ1v) is 10.0. The smallest absolute Gasteiger partial charge is 0.277 e. The Labute approximate surface area is 169 Å². The number of fused-ring (bicyclic) bond motifs is 1. The van der Waals surface area contributed by atoms with Crippen LogP contribution in [0.1, 0.15) is 42.4 Å². The van der Waals surface area contributed by atoms with Crippen LogP contribution in [0.4, 0.5) is 5.82 Å². The number of hydrogen-bond donors (Lipinski definition) is 2. The number of benzene rings is 2. The zero-order valence-electron chi connectivity index (χ0n) is 16.5. The van der Waals surface area contributed by atoms with Gasteiger partial charge in [-0.25, -0.2) is 4.68 Å². The van der Waals surface area contributed by atoms with E-state index in [1.54, 1.807) is 4.68 Å². The minimum absolute atomic E-state index is 0.123. The number of para-hydroxylation sites is 1. The number of hydrogen-bond acceptors (Lipinski definition) is 3. The van der Waals surface area contributed by atoms with Gasteiger partial charge in [-0.2, -0.15) is 0 Å². The van der Waals surface area contributed by atoms with Crippen molar-refractivity contribution >= 4 is 11.6 Å². The first kappa shape index (κ1) is 17.7. The van der Waals surface area contributed by atoms with Crippen LogP contribution in [0.15, 0.2) is 70.7 Å². The lowest BCUT2D eigenvalue weighted by Crippen LogP contribution is -2.31. The topological polar surface area (TPSA) is 66.9 Å². The molecule has 5 rings (SSSR count). The molecule has 0 bridgehead atoms. The van der Waals surface area contributed by atoms with Crippen molar-refractivity contribution in [3.8, 4) is 5.69 Å². The van der Waals surface area contributed by atoms with Crippen molar-refractivity contribution in [1.29, 1.82) is 0 Å². The Balaban J connectivity index is 1.74. The highest BCUT2D eigenvalue weighted by Gasteiger charge is 2.40. The van der Waals surface area contributed by atoms with E-state index in [1.807, 2.05) is 61.5 Å². The molecule has 2 N–H and O–H groups in total. The highest BCUT2D eigenvalue weighted by Crippen LogP contribution is 2.44. The fraction of sp³-hybridized carbons (Fsp3) is 0.250. The second-order valence-electron chi connectivity index (χ2n) is 8.17. The van der Waals surface area contributed by atoms with Crippen molar-refractivity contribution in [1.82, 2.24) is 9.78 Å². The average Bonchev–Trinajstić information content (AvgIpc) is 3.04. The molecular weight excluding hydrogens is 362 g/mol. The zero-order valence-corrected chi connectivity index (χ0v) is 16.5. The monoisotopic (exact) mass is 385 g/mol. The highest BCUT2D eigenvalue weighted by molar-refractivity contribution is 6.01. The summed E-state index contributed by atoms with van der Waals surface area (Å²) in [6, 6.07) is 17.7. The van der Waals surface area contributed by atoms with Crippen molar-refractivity contribution in [2.75, 3.05) is 5.32 Å². The van der Waals surface area contributed by atoms with Crippen LogP contribution in [0, 0.1) is 12.8 Å². The summed E-state index contributed by atoms with van der Waals surface area (Å²) in [6.07, 6.45) is 1.33. The lowest BCUT2D eigenvalue weighted by molar-refractivity contribution is -0.117. The van der Waals surface area contributed by atoms with Crippen LogP contribution in [0.25, 0.3) is 5.69 Å². The van der Waals surface area contributed by atoms with E-state index >= 15 is 0 Å². The molecule has 146 valence electrons. The summed E-state index contributed by atoms with van der Waals surface area (Å²) < 4.78 is 1.56. The molecule has 2 unspecified atom stereocenters. The molecule has 1 aromatic heterocycles. The zero-order chi connectivity index (χ0) is 20.1. The van der Waals surface area contributed by atoms with Gasteiger partial charge in [-0.3, -0.25) is 14.7 Å². The van der Waals surface area contributed by atoms with Crippen LogP contribution in [-0.4, -0.2) is 15.6 Å². The summed E-state index contributed by atoms with van der Waals surface area (Å²) in [7, 11) is 0. The van der Waals surface area contributed by atoms with Crippen molar-refractivity contribution in [3.05, 3.63) is 92.9 Å². The number of allylic oxidation sites excluding steroid dienone is 2. The van der Waals surface area contributed by atoms with Crippen LogP contribution in [0.3, 0.4) is 0 Å². The van der Waals surface area contributed by atoms with Gasteiger partial charge in [0.15, 0.2) is 5.78 Å². The molecule has 0 saturated carbocycles. The molecule has 3 aromatic rings. The van der Waals surface area contributed by atoms with Crippen LogP contribution in [0.5, 0.6) is 0 Å². The summed E-state index contributed by atoms with van der Waals surface area (Å²) in [5.41, 5.74) is 5.07. The Morgan fingerprint density at radius 3 is 2.41 bits per heavy atom. The van der Waals surface area contributed by atoms with Crippen LogP contribution >= 0.6 is 0 Å². The molecular formula is C24H23N3O2. The number of rotatable bonds is 2. The molecule has 0 saturated heterocycles. The lowest BCUT2D eigenvalue weighted by Gasteiger charge is -2.33. The fourth-order valence-electron chi connectivity index (χ4n) is 4.54. The van der Waals surface area contributed by atoms with Crippen LogP contribution < -0.4 is 10.9 Å². The maximum atomic E-state index is 13.5. The minimum atomic E-state index is -0.351. The minimum Gasteiger partial charge on any atom is -0.343 e. The standard InChI is InChI=1S/C24H23N3O2/c1-14-8-10-16(11-9-14)20-21-18(12-15(2)13-19(21)28)25-23-22(20)24(29)27(26-23)17-6-4-3-5-7-17/h3-11,15,20,25-26H,12-13H2,1-2H3. The van der Waals surface area contributed by atoms with E-state index in [-0.39, 0.29) is 23.2 Å². The van der Waals surface area contributed by atoms with Gasteiger partial charge in [-0.05, 0) is 37.0 Å². The Hall–Kier alpha value is -3.34. The van der Waals surface area contributed by atoms with Gasteiger partial charge in [0, 0.05) is 23.6 Å². The summed E-state index contributed by atoms with van der Waals surface area (Å²) >= 11 is 0. The van der Waals surface area contributed by atoms with Gasteiger partial charge in [-0.15, -0.1) is 0 Å². The molecule has 1 aliphatic heterocycles. The normalized spacial score (nSPS) is 20.8. The predicted molar refractivity (Wildman–Crippen MR) is 113 cm³/mol. The van der Waals surface area contributed by atoms with E-state index < -0.39 is 0 Å². The van der Waals surface area contributed by atoms with Crippen molar-refractivity contribution < 1.29 is 4.79 Å². The fourth-order valence-corrected chi connectivity index (χ4v) is 4.54. The third-order valence-corrected chi connectivity index (χ3v) is 5.92. The number of ketones is 1. The number of anilines is 1. The van der Waals surface area contributed by atoms with Gasteiger partial charge in [0.05, 0.1) is 11.3 Å².